The number of benzene rings is 1. The van der Waals surface area contributed by atoms with Gasteiger partial charge < -0.3 is 19.9 Å². The van der Waals surface area contributed by atoms with Gasteiger partial charge in [0.1, 0.15) is 13.2 Å². The Labute approximate surface area is 131 Å². The van der Waals surface area contributed by atoms with Gasteiger partial charge in [-0.15, -0.1) is 11.8 Å². The first-order chi connectivity index (χ1) is 10.2. The second-order valence-electron chi connectivity index (χ2n) is 5.31. The first-order valence-corrected chi connectivity index (χ1v) is 8.73. The predicted octanol–water partition coefficient (Wildman–Crippen LogP) is 2.82. The highest BCUT2D eigenvalue weighted by atomic mass is 32.2. The third kappa shape index (κ3) is 3.65. The number of fused-ring (bicyclic) bond motifs is 1. The van der Waals surface area contributed by atoms with Gasteiger partial charge in [0.25, 0.3) is 0 Å². The quantitative estimate of drug-likeness (QED) is 0.758. The normalized spacial score (nSPS) is 14.3. The van der Waals surface area contributed by atoms with E-state index in [1.807, 2.05) is 0 Å². The molecule has 0 saturated heterocycles. The lowest BCUT2D eigenvalue weighted by Gasteiger charge is -2.31. The van der Waals surface area contributed by atoms with Crippen LogP contribution in [0.1, 0.15) is 32.3 Å². The molecule has 0 aliphatic carbocycles. The second-order valence-corrected chi connectivity index (χ2v) is 6.15. The second kappa shape index (κ2) is 7.38. The zero-order chi connectivity index (χ0) is 15.3. The van der Waals surface area contributed by atoms with Crippen LogP contribution in [0.4, 0.5) is 0 Å². The van der Waals surface area contributed by atoms with E-state index < -0.39 is 0 Å². The van der Waals surface area contributed by atoms with Crippen LogP contribution in [-0.4, -0.2) is 36.7 Å². The summed E-state index contributed by atoms with van der Waals surface area (Å²) in [6.45, 7) is 6.28. The van der Waals surface area contributed by atoms with Crippen LogP contribution in [0.25, 0.3) is 0 Å². The van der Waals surface area contributed by atoms with E-state index in [2.05, 4.69) is 37.6 Å². The maximum absolute atomic E-state index is 9.66. The fraction of sp³-hybridized carbons (Fsp3) is 0.625. The summed E-state index contributed by atoms with van der Waals surface area (Å²) in [6.07, 6.45) is 3.87. The molecule has 0 aromatic heterocycles. The van der Waals surface area contributed by atoms with Crippen molar-refractivity contribution in [2.45, 2.75) is 43.7 Å². The SMILES string of the molecule is CCC(CC)(CO)NCc1cc2c(cc1SC)OCCO2. The Morgan fingerprint density at radius 1 is 1.19 bits per heavy atom. The minimum absolute atomic E-state index is 0.152. The van der Waals surface area contributed by atoms with Crippen molar-refractivity contribution >= 4 is 11.8 Å². The van der Waals surface area contributed by atoms with Crippen molar-refractivity contribution in [1.29, 1.82) is 0 Å². The van der Waals surface area contributed by atoms with E-state index >= 15 is 0 Å². The lowest BCUT2D eigenvalue weighted by molar-refractivity contribution is 0.149. The largest absolute Gasteiger partial charge is 0.486 e. The topological polar surface area (TPSA) is 50.7 Å². The Morgan fingerprint density at radius 2 is 1.81 bits per heavy atom. The molecule has 0 bridgehead atoms. The minimum atomic E-state index is -0.205. The van der Waals surface area contributed by atoms with Gasteiger partial charge in [-0.3, -0.25) is 0 Å². The molecule has 1 aliphatic rings. The standard InChI is InChI=1S/C16H25NO3S/c1-4-16(5-2,11-18)17-10-12-8-13-14(9-15(12)21-3)20-7-6-19-13/h8-9,17-18H,4-7,10-11H2,1-3H3. The molecule has 21 heavy (non-hydrogen) atoms. The number of rotatable bonds is 7. The number of hydrogen-bond donors (Lipinski definition) is 2. The zero-order valence-electron chi connectivity index (χ0n) is 13.1. The van der Waals surface area contributed by atoms with E-state index in [9.17, 15) is 5.11 Å². The van der Waals surface area contributed by atoms with Gasteiger partial charge in [0, 0.05) is 17.0 Å². The monoisotopic (exact) mass is 311 g/mol. The van der Waals surface area contributed by atoms with Gasteiger partial charge in [-0.2, -0.15) is 0 Å². The third-order valence-electron chi connectivity index (χ3n) is 4.26. The van der Waals surface area contributed by atoms with Gasteiger partial charge in [0.05, 0.1) is 6.61 Å². The Bertz CT molecular complexity index is 467. The summed E-state index contributed by atoms with van der Waals surface area (Å²) in [5.41, 5.74) is 0.981. The maximum atomic E-state index is 9.66. The van der Waals surface area contributed by atoms with Crippen molar-refractivity contribution < 1.29 is 14.6 Å². The molecule has 2 N–H and O–H groups in total. The van der Waals surface area contributed by atoms with Crippen molar-refractivity contribution in [2.75, 3.05) is 26.1 Å². The molecule has 0 saturated carbocycles. The molecule has 0 fully saturated rings. The van der Waals surface area contributed by atoms with Crippen molar-refractivity contribution in [2.24, 2.45) is 0 Å². The summed E-state index contributed by atoms with van der Waals surface area (Å²) < 4.78 is 11.3. The molecule has 118 valence electrons. The molecular weight excluding hydrogens is 286 g/mol. The van der Waals surface area contributed by atoms with Gasteiger partial charge in [0.2, 0.25) is 0 Å². The van der Waals surface area contributed by atoms with Crippen LogP contribution in [0, 0.1) is 0 Å². The number of nitrogens with one attached hydrogen (secondary N) is 1. The highest BCUT2D eigenvalue weighted by molar-refractivity contribution is 7.98. The van der Waals surface area contributed by atoms with Gasteiger partial charge in [-0.05, 0) is 36.8 Å². The molecule has 1 heterocycles. The Kier molecular flexibility index (Phi) is 5.79. The van der Waals surface area contributed by atoms with Crippen LogP contribution in [-0.2, 0) is 6.54 Å². The Balaban J connectivity index is 2.19. The van der Waals surface area contributed by atoms with Crippen LogP contribution in [0.3, 0.4) is 0 Å². The average molecular weight is 311 g/mol. The van der Waals surface area contributed by atoms with E-state index in [4.69, 9.17) is 9.47 Å². The first kappa shape index (κ1) is 16.5. The molecular formula is C16H25NO3S. The highest BCUT2D eigenvalue weighted by Gasteiger charge is 2.25. The highest BCUT2D eigenvalue weighted by Crippen LogP contribution is 2.36. The molecule has 4 nitrogen and oxygen atoms in total. The fourth-order valence-corrected chi connectivity index (χ4v) is 3.12. The number of aliphatic hydroxyl groups is 1. The van der Waals surface area contributed by atoms with Crippen molar-refractivity contribution in [3.8, 4) is 11.5 Å². The predicted molar refractivity (Wildman–Crippen MR) is 86.5 cm³/mol. The smallest absolute Gasteiger partial charge is 0.162 e. The van der Waals surface area contributed by atoms with Gasteiger partial charge in [0.15, 0.2) is 11.5 Å². The van der Waals surface area contributed by atoms with E-state index in [1.165, 1.54) is 10.5 Å². The van der Waals surface area contributed by atoms with Gasteiger partial charge in [-0.1, -0.05) is 13.8 Å². The molecule has 5 heteroatoms. The third-order valence-corrected chi connectivity index (χ3v) is 5.08. The lowest BCUT2D eigenvalue weighted by atomic mass is 9.93. The summed E-state index contributed by atoms with van der Waals surface area (Å²) in [7, 11) is 0. The first-order valence-electron chi connectivity index (χ1n) is 7.50. The lowest BCUT2D eigenvalue weighted by Crippen LogP contribution is -2.47. The van der Waals surface area contributed by atoms with Crippen molar-refractivity contribution in [3.63, 3.8) is 0 Å². The molecule has 0 atom stereocenters. The molecule has 0 radical (unpaired) electrons. The van der Waals surface area contributed by atoms with Crippen LogP contribution in [0.2, 0.25) is 0 Å². The van der Waals surface area contributed by atoms with E-state index in [0.717, 1.165) is 30.9 Å². The molecule has 1 aromatic rings. The van der Waals surface area contributed by atoms with Crippen molar-refractivity contribution in [3.05, 3.63) is 17.7 Å². The minimum Gasteiger partial charge on any atom is -0.486 e. The Morgan fingerprint density at radius 3 is 2.33 bits per heavy atom. The van der Waals surface area contributed by atoms with E-state index in [1.54, 1.807) is 11.8 Å². The number of thioether (sulfide) groups is 1. The molecule has 2 rings (SSSR count). The van der Waals surface area contributed by atoms with Crippen LogP contribution in [0.5, 0.6) is 11.5 Å². The fourth-order valence-electron chi connectivity index (χ4n) is 2.50. The van der Waals surface area contributed by atoms with Crippen LogP contribution < -0.4 is 14.8 Å². The molecule has 0 spiro atoms. The van der Waals surface area contributed by atoms with Crippen molar-refractivity contribution in [1.82, 2.24) is 5.32 Å². The molecule has 0 amide bonds. The zero-order valence-corrected chi connectivity index (χ0v) is 13.9. The molecule has 1 aliphatic heterocycles. The summed E-state index contributed by atoms with van der Waals surface area (Å²) in [6, 6.07) is 4.11. The Hall–Kier alpha value is -0.910. The van der Waals surface area contributed by atoms with Crippen LogP contribution in [0.15, 0.2) is 17.0 Å². The van der Waals surface area contributed by atoms with E-state index in [0.29, 0.717) is 13.2 Å². The molecule has 1 aromatic carbocycles. The summed E-state index contributed by atoms with van der Waals surface area (Å²) in [5.74, 6) is 1.65. The van der Waals surface area contributed by atoms with Crippen LogP contribution >= 0.6 is 11.8 Å². The number of hydrogen-bond acceptors (Lipinski definition) is 5. The summed E-state index contributed by atoms with van der Waals surface area (Å²) in [4.78, 5) is 1.19. The van der Waals surface area contributed by atoms with Gasteiger partial charge >= 0.3 is 0 Å². The summed E-state index contributed by atoms with van der Waals surface area (Å²) in [5, 5.41) is 13.2. The molecule has 0 unspecified atom stereocenters. The summed E-state index contributed by atoms with van der Waals surface area (Å²) >= 11 is 1.70. The number of aliphatic hydroxyl groups excluding tert-OH is 1. The maximum Gasteiger partial charge on any atom is 0.162 e. The average Bonchev–Trinajstić information content (AvgIpc) is 2.55. The van der Waals surface area contributed by atoms with Gasteiger partial charge in [-0.25, -0.2) is 0 Å². The van der Waals surface area contributed by atoms with E-state index in [-0.39, 0.29) is 12.1 Å². The number of ether oxygens (including phenoxy) is 2.